The minimum atomic E-state index is -4.46. The van der Waals surface area contributed by atoms with E-state index in [1.54, 1.807) is 19.1 Å². The van der Waals surface area contributed by atoms with Crippen LogP contribution in [0.5, 0.6) is 0 Å². The fourth-order valence-corrected chi connectivity index (χ4v) is 2.41. The number of hydrogen-bond donors (Lipinski definition) is 4. The Hall–Kier alpha value is -3.76. The van der Waals surface area contributed by atoms with Gasteiger partial charge in [-0.2, -0.15) is 13.2 Å². The first-order chi connectivity index (χ1) is 14.1. The van der Waals surface area contributed by atoms with Crippen molar-refractivity contribution in [1.82, 2.24) is 15.8 Å². The van der Waals surface area contributed by atoms with E-state index in [-0.39, 0.29) is 12.1 Å². The highest BCUT2D eigenvalue weighted by Crippen LogP contribution is 2.30. The van der Waals surface area contributed by atoms with Crippen LogP contribution in [0.3, 0.4) is 0 Å². The van der Waals surface area contributed by atoms with Crippen LogP contribution < -0.4 is 16.2 Å². The van der Waals surface area contributed by atoms with Crippen LogP contribution in [0, 0.1) is 0 Å². The summed E-state index contributed by atoms with van der Waals surface area (Å²) >= 11 is 0. The van der Waals surface area contributed by atoms with E-state index in [0.717, 1.165) is 17.0 Å². The molecule has 0 fully saturated rings. The number of para-hydroxylation sites is 1. The zero-order valence-corrected chi connectivity index (χ0v) is 15.8. The number of rotatable bonds is 6. The highest BCUT2D eigenvalue weighted by molar-refractivity contribution is 6.01. The first kappa shape index (κ1) is 22.5. The van der Waals surface area contributed by atoms with E-state index in [1.807, 2.05) is 0 Å². The molecule has 0 heterocycles. The molecule has 0 atom stereocenters. The van der Waals surface area contributed by atoms with Gasteiger partial charge in [0.05, 0.1) is 16.8 Å². The first-order valence-corrected chi connectivity index (χ1v) is 8.72. The molecule has 0 aliphatic rings. The Balaban J connectivity index is 2.04. The van der Waals surface area contributed by atoms with Gasteiger partial charge in [0.15, 0.2) is 0 Å². The number of anilines is 2. The van der Waals surface area contributed by atoms with Gasteiger partial charge in [-0.1, -0.05) is 12.1 Å². The van der Waals surface area contributed by atoms with Gasteiger partial charge in [-0.3, -0.25) is 25.3 Å². The van der Waals surface area contributed by atoms with Gasteiger partial charge >= 0.3 is 12.3 Å². The van der Waals surface area contributed by atoms with Crippen LogP contribution in [0.4, 0.5) is 29.3 Å². The quantitative estimate of drug-likeness (QED) is 0.533. The van der Waals surface area contributed by atoms with Gasteiger partial charge in [0.1, 0.15) is 6.54 Å². The Morgan fingerprint density at radius 2 is 1.63 bits per heavy atom. The lowest BCUT2D eigenvalue weighted by Crippen LogP contribution is -2.47. The zero-order valence-electron chi connectivity index (χ0n) is 15.8. The summed E-state index contributed by atoms with van der Waals surface area (Å²) in [6, 6.07) is 10.4. The van der Waals surface area contributed by atoms with Gasteiger partial charge in [-0.15, -0.1) is 0 Å². The molecule has 0 aliphatic heterocycles. The molecular weight excluding hydrogens is 405 g/mol. The summed E-state index contributed by atoms with van der Waals surface area (Å²) in [4.78, 5) is 36.0. The van der Waals surface area contributed by atoms with Crippen molar-refractivity contribution in [2.45, 2.75) is 13.1 Å². The minimum Gasteiger partial charge on any atom is -0.465 e. The molecule has 8 nitrogen and oxygen atoms in total. The molecule has 4 N–H and O–H groups in total. The number of amides is 3. The Morgan fingerprint density at radius 1 is 1.00 bits per heavy atom. The van der Waals surface area contributed by atoms with Gasteiger partial charge in [0, 0.05) is 12.2 Å². The van der Waals surface area contributed by atoms with Crippen molar-refractivity contribution in [2.75, 3.05) is 18.4 Å². The number of carbonyl (C=O) groups is 3. The van der Waals surface area contributed by atoms with E-state index in [9.17, 15) is 27.6 Å². The molecule has 0 saturated carbocycles. The fraction of sp³-hybridized carbons (Fsp3) is 0.211. The molecule has 160 valence electrons. The predicted molar refractivity (Wildman–Crippen MR) is 102 cm³/mol. The van der Waals surface area contributed by atoms with Crippen LogP contribution in [0.25, 0.3) is 0 Å². The smallest absolute Gasteiger partial charge is 0.416 e. The second-order valence-electron chi connectivity index (χ2n) is 6.04. The van der Waals surface area contributed by atoms with Gasteiger partial charge in [0.2, 0.25) is 0 Å². The second kappa shape index (κ2) is 9.63. The number of hydrogen-bond acceptors (Lipinski definition) is 4. The highest BCUT2D eigenvalue weighted by Gasteiger charge is 2.30. The molecule has 0 saturated heterocycles. The van der Waals surface area contributed by atoms with Gasteiger partial charge < -0.3 is 10.4 Å². The van der Waals surface area contributed by atoms with Crippen LogP contribution in [0.2, 0.25) is 0 Å². The molecule has 2 aromatic rings. The Kier molecular flexibility index (Phi) is 7.23. The summed E-state index contributed by atoms with van der Waals surface area (Å²) in [6.07, 6.45) is -5.73. The van der Waals surface area contributed by atoms with Gasteiger partial charge in [-0.05, 0) is 43.3 Å². The van der Waals surface area contributed by atoms with Crippen LogP contribution in [0.1, 0.15) is 22.8 Å². The van der Waals surface area contributed by atoms with Crippen molar-refractivity contribution in [3.8, 4) is 0 Å². The van der Waals surface area contributed by atoms with Crippen LogP contribution in [0.15, 0.2) is 48.5 Å². The van der Waals surface area contributed by atoms with E-state index in [2.05, 4.69) is 16.2 Å². The molecular formula is C19H19F3N4O4. The second-order valence-corrected chi connectivity index (χ2v) is 6.04. The molecule has 30 heavy (non-hydrogen) atoms. The number of nitrogens with one attached hydrogen (secondary N) is 3. The van der Waals surface area contributed by atoms with Crippen LogP contribution >= 0.6 is 0 Å². The van der Waals surface area contributed by atoms with Crippen molar-refractivity contribution in [3.63, 3.8) is 0 Å². The monoisotopic (exact) mass is 424 g/mol. The molecule has 0 aromatic heterocycles. The standard InChI is InChI=1S/C19H19F3N4O4/c1-2-26(18(29)30)11-16(27)24-25-17(28)14-5-3-4-6-15(14)23-13-9-7-12(8-10-13)19(20,21)22/h3-10,23H,2,11H2,1H3,(H,24,27)(H,25,28)(H,29,30). The third kappa shape index (κ3) is 6.12. The third-order valence-corrected chi connectivity index (χ3v) is 3.97. The maximum absolute atomic E-state index is 12.7. The lowest BCUT2D eigenvalue weighted by Gasteiger charge is -2.17. The largest absolute Gasteiger partial charge is 0.465 e. The Morgan fingerprint density at radius 3 is 2.20 bits per heavy atom. The molecule has 2 rings (SSSR count). The van der Waals surface area contributed by atoms with Crippen LogP contribution in [-0.2, 0) is 11.0 Å². The van der Waals surface area contributed by atoms with Crippen molar-refractivity contribution in [1.29, 1.82) is 0 Å². The maximum atomic E-state index is 12.7. The summed E-state index contributed by atoms with van der Waals surface area (Å²) in [5.74, 6) is -1.43. The van der Waals surface area contributed by atoms with Crippen molar-refractivity contribution in [2.24, 2.45) is 0 Å². The molecule has 0 aliphatic carbocycles. The van der Waals surface area contributed by atoms with Crippen LogP contribution in [-0.4, -0.2) is 41.0 Å². The Bertz CT molecular complexity index is 917. The van der Waals surface area contributed by atoms with Gasteiger partial charge in [-0.25, -0.2) is 4.79 Å². The summed E-state index contributed by atoms with van der Waals surface area (Å²) < 4.78 is 38.0. The average molecular weight is 424 g/mol. The molecule has 0 spiro atoms. The average Bonchev–Trinajstić information content (AvgIpc) is 2.70. The van der Waals surface area contributed by atoms with Crippen molar-refractivity contribution >= 4 is 29.3 Å². The van der Waals surface area contributed by atoms with E-state index >= 15 is 0 Å². The minimum absolute atomic E-state index is 0.0938. The van der Waals surface area contributed by atoms with E-state index < -0.39 is 36.2 Å². The third-order valence-electron chi connectivity index (χ3n) is 3.97. The number of benzene rings is 2. The molecule has 11 heteroatoms. The normalized spacial score (nSPS) is 10.8. The summed E-state index contributed by atoms with van der Waals surface area (Å²) in [6.45, 7) is 1.19. The molecule has 3 amide bonds. The maximum Gasteiger partial charge on any atom is 0.416 e. The number of alkyl halides is 3. The SMILES string of the molecule is CCN(CC(=O)NNC(=O)c1ccccc1Nc1ccc(C(F)(F)F)cc1)C(=O)O. The zero-order chi connectivity index (χ0) is 22.3. The fourth-order valence-electron chi connectivity index (χ4n) is 2.41. The molecule has 0 bridgehead atoms. The number of carbonyl (C=O) groups excluding carboxylic acids is 2. The van der Waals surface area contributed by atoms with E-state index in [4.69, 9.17) is 5.11 Å². The summed E-state index contributed by atoms with van der Waals surface area (Å²) in [7, 11) is 0. The van der Waals surface area contributed by atoms with Crippen molar-refractivity contribution in [3.05, 3.63) is 59.7 Å². The lowest BCUT2D eigenvalue weighted by atomic mass is 10.1. The number of likely N-dealkylation sites (N-methyl/N-ethyl adjacent to an activating group) is 1. The molecule has 2 aromatic carbocycles. The van der Waals surface area contributed by atoms with Gasteiger partial charge in [0.25, 0.3) is 11.8 Å². The lowest BCUT2D eigenvalue weighted by molar-refractivity contribution is -0.137. The number of halogens is 3. The number of nitrogens with zero attached hydrogens (tertiary/aromatic N) is 1. The first-order valence-electron chi connectivity index (χ1n) is 8.72. The van der Waals surface area contributed by atoms with Crippen molar-refractivity contribution < 1.29 is 32.7 Å². The molecule has 0 unspecified atom stereocenters. The van der Waals surface area contributed by atoms with E-state index in [1.165, 1.54) is 24.3 Å². The summed E-state index contributed by atoms with van der Waals surface area (Å²) in [5.41, 5.74) is 4.23. The van der Waals surface area contributed by atoms with E-state index in [0.29, 0.717) is 11.4 Å². The highest BCUT2D eigenvalue weighted by atomic mass is 19.4. The predicted octanol–water partition coefficient (Wildman–Crippen LogP) is 3.21. The topological polar surface area (TPSA) is 111 Å². The Labute approximate surface area is 169 Å². The number of carboxylic acid groups (broad SMARTS) is 1. The summed E-state index contributed by atoms with van der Waals surface area (Å²) in [5, 5.41) is 11.8. The number of hydrazine groups is 1. The molecule has 0 radical (unpaired) electrons.